The molecule has 70 heavy (non-hydrogen) atoms. The SMILES string of the molecule is CSCCC(NC(=O)C(Cc1ccc(O)cc1)NC(=O)C(NC(=O)CNC(=O)C(CO)NC(=O)C(C)NC(=O)C(CCC(N)=O)NC(=O)C1CCCN1C(=O)C(N)CCCN=C(N)N)C(C)C)C(=O)O. The number of nitrogens with zero attached hydrogens (tertiary/aromatic N) is 2. The van der Waals surface area contributed by atoms with Crippen LogP contribution in [0.5, 0.6) is 5.75 Å². The first-order valence-electron chi connectivity index (χ1n) is 22.6. The maximum atomic E-state index is 13.6. The minimum atomic E-state index is -1.65. The summed E-state index contributed by atoms with van der Waals surface area (Å²) in [6.45, 7) is 3.17. The second-order valence-corrected chi connectivity index (χ2v) is 17.9. The Morgan fingerprint density at radius 1 is 0.786 bits per heavy atom. The first-order valence-corrected chi connectivity index (χ1v) is 24.0. The van der Waals surface area contributed by atoms with Gasteiger partial charge >= 0.3 is 5.97 Å². The molecule has 390 valence electrons. The lowest BCUT2D eigenvalue weighted by atomic mass is 10.0. The standard InChI is InChI=1S/C43H69N13O13S/c1-22(2)34(40(66)53-29(19-24-9-11-25(58)12-10-24)38(64)52-28(42(68)69)15-18-70-4)55-33(60)20-49-36(62)30(21-57)54-35(61)23(3)50-37(63)27(13-14-32(45)59)51-39(65)31-8-6-17-56(31)41(67)26(44)7-5-16-48-43(46)47/h9-12,22-23,26-31,34,57-58H,5-8,13-21,44H2,1-4H3,(H2,45,59)(H,49,62)(H,50,63)(H,51,65)(H,52,64)(H,53,66)(H,54,61)(H,55,60)(H,68,69)(H4,46,47,48). The van der Waals surface area contributed by atoms with Gasteiger partial charge in [0.15, 0.2) is 5.96 Å². The predicted octanol–water partition coefficient (Wildman–Crippen LogP) is -4.90. The lowest BCUT2D eigenvalue weighted by Crippen LogP contribution is -2.59. The van der Waals surface area contributed by atoms with Gasteiger partial charge in [0, 0.05) is 25.9 Å². The number of nitrogens with two attached hydrogens (primary N) is 4. The van der Waals surface area contributed by atoms with E-state index in [-0.39, 0.29) is 63.3 Å². The number of aliphatic imine (C=N–C) groups is 1. The molecular weight excluding hydrogens is 939 g/mol. The molecule has 1 fully saturated rings. The van der Waals surface area contributed by atoms with E-state index in [4.69, 9.17) is 22.9 Å². The highest BCUT2D eigenvalue weighted by molar-refractivity contribution is 7.98. The molecule has 0 bridgehead atoms. The number of nitrogens with one attached hydrogen (secondary N) is 7. The molecule has 0 aromatic heterocycles. The molecule has 0 saturated carbocycles. The third-order valence-electron chi connectivity index (χ3n) is 10.9. The summed E-state index contributed by atoms with van der Waals surface area (Å²) in [5.74, 6) is -9.05. The van der Waals surface area contributed by atoms with Gasteiger partial charge in [-0.05, 0) is 81.1 Å². The summed E-state index contributed by atoms with van der Waals surface area (Å²) < 4.78 is 0. The number of amides is 9. The summed E-state index contributed by atoms with van der Waals surface area (Å²) in [5, 5.41) is 46.3. The molecule has 2 rings (SSSR count). The van der Waals surface area contributed by atoms with Gasteiger partial charge in [-0.15, -0.1) is 0 Å². The van der Waals surface area contributed by atoms with Crippen molar-refractivity contribution in [2.24, 2.45) is 33.8 Å². The Balaban J connectivity index is 2.06. The maximum absolute atomic E-state index is 13.6. The van der Waals surface area contributed by atoms with Crippen molar-refractivity contribution in [2.45, 2.75) is 120 Å². The average Bonchev–Trinajstić information content (AvgIpc) is 3.80. The smallest absolute Gasteiger partial charge is 0.326 e. The summed E-state index contributed by atoms with van der Waals surface area (Å²) in [4.78, 5) is 135. The molecular formula is C43H69N13O13S. The fourth-order valence-corrected chi connectivity index (χ4v) is 7.48. The zero-order chi connectivity index (χ0) is 52.7. The molecule has 1 aliphatic rings. The van der Waals surface area contributed by atoms with Crippen molar-refractivity contribution < 1.29 is 63.3 Å². The van der Waals surface area contributed by atoms with Crippen LogP contribution in [0.15, 0.2) is 29.3 Å². The van der Waals surface area contributed by atoms with Crippen LogP contribution in [0.3, 0.4) is 0 Å². The van der Waals surface area contributed by atoms with Gasteiger partial charge in [0.1, 0.15) is 48.0 Å². The molecule has 18 N–H and O–H groups in total. The van der Waals surface area contributed by atoms with Crippen molar-refractivity contribution in [1.82, 2.24) is 42.1 Å². The Morgan fingerprint density at radius 2 is 1.41 bits per heavy atom. The predicted molar refractivity (Wildman–Crippen MR) is 256 cm³/mol. The van der Waals surface area contributed by atoms with E-state index in [9.17, 15) is 63.3 Å². The summed E-state index contributed by atoms with van der Waals surface area (Å²) >= 11 is 1.38. The number of aliphatic hydroxyl groups is 1. The second-order valence-electron chi connectivity index (χ2n) is 16.9. The summed E-state index contributed by atoms with van der Waals surface area (Å²) in [6, 6.07) is -4.52. The van der Waals surface area contributed by atoms with Gasteiger partial charge in [-0.25, -0.2) is 4.79 Å². The van der Waals surface area contributed by atoms with Crippen molar-refractivity contribution in [2.75, 3.05) is 38.2 Å². The zero-order valence-electron chi connectivity index (χ0n) is 39.7. The fraction of sp³-hybridized carbons (Fsp3) is 0.605. The lowest BCUT2D eigenvalue weighted by Gasteiger charge is -2.28. The number of phenolic OH excluding ortho intramolecular Hbond substituents is 1. The van der Waals surface area contributed by atoms with Crippen molar-refractivity contribution in [3.8, 4) is 5.75 Å². The van der Waals surface area contributed by atoms with Gasteiger partial charge in [0.05, 0.1) is 19.2 Å². The van der Waals surface area contributed by atoms with Crippen LogP contribution in [0, 0.1) is 5.92 Å². The topological polar surface area (TPSA) is 435 Å². The third kappa shape index (κ3) is 20.5. The van der Waals surface area contributed by atoms with Crippen LogP contribution in [-0.2, 0) is 54.4 Å². The van der Waals surface area contributed by atoms with Gasteiger partial charge in [-0.3, -0.25) is 48.1 Å². The molecule has 0 radical (unpaired) electrons. The number of guanidine groups is 1. The fourth-order valence-electron chi connectivity index (χ4n) is 7.01. The molecule has 0 aliphatic carbocycles. The Bertz CT molecular complexity index is 2020. The number of carbonyl (C=O) groups excluding carboxylic acids is 9. The van der Waals surface area contributed by atoms with Crippen LogP contribution < -0.4 is 60.2 Å². The van der Waals surface area contributed by atoms with E-state index >= 15 is 0 Å². The minimum absolute atomic E-state index is 0.0503. The van der Waals surface area contributed by atoms with Crippen molar-refractivity contribution >= 4 is 76.9 Å². The molecule has 1 aromatic carbocycles. The van der Waals surface area contributed by atoms with Gasteiger partial charge < -0.3 is 80.4 Å². The molecule has 27 heteroatoms. The van der Waals surface area contributed by atoms with E-state index in [2.05, 4.69) is 42.2 Å². The molecule has 1 heterocycles. The van der Waals surface area contributed by atoms with Crippen molar-refractivity contribution in [3.05, 3.63) is 29.8 Å². The number of rotatable bonds is 30. The highest BCUT2D eigenvalue weighted by Crippen LogP contribution is 2.20. The number of aromatic hydroxyl groups is 1. The largest absolute Gasteiger partial charge is 0.508 e. The zero-order valence-corrected chi connectivity index (χ0v) is 40.6. The third-order valence-corrected chi connectivity index (χ3v) is 11.6. The monoisotopic (exact) mass is 1010 g/mol. The van der Waals surface area contributed by atoms with Crippen LogP contribution in [0.4, 0.5) is 0 Å². The minimum Gasteiger partial charge on any atom is -0.508 e. The number of carbonyl (C=O) groups is 10. The van der Waals surface area contributed by atoms with Crippen LogP contribution in [-0.4, -0.2) is 172 Å². The Hall–Kier alpha value is -6.74. The first kappa shape index (κ1) is 59.4. The Labute approximate surface area is 409 Å². The number of carboxylic acid groups (broad SMARTS) is 1. The van der Waals surface area contributed by atoms with Gasteiger partial charge in [0.2, 0.25) is 53.2 Å². The van der Waals surface area contributed by atoms with Gasteiger partial charge in [-0.1, -0.05) is 26.0 Å². The molecule has 1 saturated heterocycles. The number of phenols is 1. The lowest BCUT2D eigenvalue weighted by molar-refractivity contribution is -0.142. The average molecular weight is 1010 g/mol. The Kier molecular flexibility index (Phi) is 25.4. The highest BCUT2D eigenvalue weighted by Gasteiger charge is 2.38. The molecule has 8 unspecified atom stereocenters. The van der Waals surface area contributed by atoms with E-state index in [0.717, 1.165) is 0 Å². The highest BCUT2D eigenvalue weighted by atomic mass is 32.2. The van der Waals surface area contributed by atoms with Crippen molar-refractivity contribution in [1.29, 1.82) is 0 Å². The number of thioether (sulfide) groups is 1. The van der Waals surface area contributed by atoms with E-state index in [1.165, 1.54) is 47.9 Å². The molecule has 26 nitrogen and oxygen atoms in total. The summed E-state index contributed by atoms with van der Waals surface area (Å²) in [5.41, 5.74) is 22.6. The molecule has 9 amide bonds. The summed E-state index contributed by atoms with van der Waals surface area (Å²) in [7, 11) is 0. The number of likely N-dealkylation sites (tertiary alicyclic amines) is 1. The van der Waals surface area contributed by atoms with E-state index < -0.39 is 127 Å². The van der Waals surface area contributed by atoms with Crippen LogP contribution >= 0.6 is 11.8 Å². The number of benzene rings is 1. The van der Waals surface area contributed by atoms with Crippen LogP contribution in [0.2, 0.25) is 0 Å². The molecule has 0 spiro atoms. The van der Waals surface area contributed by atoms with E-state index in [1.807, 2.05) is 0 Å². The van der Waals surface area contributed by atoms with Crippen LogP contribution in [0.25, 0.3) is 0 Å². The number of hydrogen-bond donors (Lipinski definition) is 14. The number of primary amides is 1. The molecule has 1 aliphatic heterocycles. The molecule has 8 atom stereocenters. The summed E-state index contributed by atoms with van der Waals surface area (Å²) in [6.07, 6.45) is 2.47. The van der Waals surface area contributed by atoms with E-state index in [1.54, 1.807) is 20.1 Å². The number of aliphatic carboxylic acids is 1. The number of aliphatic hydroxyl groups excluding tert-OH is 1. The van der Waals surface area contributed by atoms with Gasteiger partial charge in [0.25, 0.3) is 0 Å². The molecule has 1 aromatic rings. The van der Waals surface area contributed by atoms with Gasteiger partial charge in [-0.2, -0.15) is 11.8 Å². The number of hydrogen-bond acceptors (Lipinski definition) is 15. The number of carboxylic acids is 1. The Morgan fingerprint density at radius 3 is 2.00 bits per heavy atom. The normalized spacial score (nSPS) is 16.2. The maximum Gasteiger partial charge on any atom is 0.326 e. The quantitative estimate of drug-likeness (QED) is 0.0195. The van der Waals surface area contributed by atoms with Crippen molar-refractivity contribution in [3.63, 3.8) is 0 Å². The van der Waals surface area contributed by atoms with Crippen LogP contribution in [0.1, 0.15) is 71.3 Å². The second kappa shape index (κ2) is 30.0. The van der Waals surface area contributed by atoms with E-state index in [0.29, 0.717) is 24.2 Å². The first-order chi connectivity index (χ1) is 33.0.